The highest BCUT2D eigenvalue weighted by atomic mass is 32.2. The fraction of sp³-hybridized carbons (Fsp3) is 0.143. The molecule has 4 nitrogen and oxygen atoms in total. The number of hydrogen-bond donors (Lipinski definition) is 1. The molecule has 0 radical (unpaired) electrons. The number of hydrogen-bond acceptors (Lipinski definition) is 3. The third-order valence-corrected chi connectivity index (χ3v) is 4.18. The van der Waals surface area contributed by atoms with Crippen LogP contribution in [0.5, 0.6) is 5.75 Å². The van der Waals surface area contributed by atoms with Crippen LogP contribution in [0.1, 0.15) is 6.92 Å². The Morgan fingerprint density at radius 1 is 1.16 bits per heavy atom. The second kappa shape index (κ2) is 5.03. The lowest BCUT2D eigenvalue weighted by atomic mass is 10.1. The summed E-state index contributed by atoms with van der Waals surface area (Å²) >= 11 is 0. The molecule has 0 heterocycles. The van der Waals surface area contributed by atoms with E-state index in [-0.39, 0.29) is 0 Å². The zero-order valence-corrected chi connectivity index (χ0v) is 11.2. The molecule has 0 fully saturated rings. The summed E-state index contributed by atoms with van der Waals surface area (Å²) in [6.45, 7) is 1.41. The molecule has 0 saturated heterocycles. The molecule has 5 heteroatoms. The van der Waals surface area contributed by atoms with E-state index in [9.17, 15) is 13.0 Å². The Balaban J connectivity index is 2.23. The SMILES string of the molecule is CC1(S(=O)(=O)O)C=CC=C(Oc2ccccc2)C=C1. The summed E-state index contributed by atoms with van der Waals surface area (Å²) in [7, 11) is -4.21. The maximum atomic E-state index is 11.3. The zero-order valence-electron chi connectivity index (χ0n) is 10.4. The molecule has 0 aliphatic heterocycles. The van der Waals surface area contributed by atoms with Crippen molar-refractivity contribution < 1.29 is 17.7 Å². The van der Waals surface area contributed by atoms with Crippen LogP contribution in [0.3, 0.4) is 0 Å². The first kappa shape index (κ1) is 13.6. The maximum absolute atomic E-state index is 11.3. The Labute approximate surface area is 112 Å². The smallest absolute Gasteiger partial charge is 0.277 e. The van der Waals surface area contributed by atoms with Crippen molar-refractivity contribution in [2.75, 3.05) is 0 Å². The second-order valence-electron chi connectivity index (χ2n) is 4.34. The van der Waals surface area contributed by atoms with Crippen LogP contribution in [0, 0.1) is 0 Å². The monoisotopic (exact) mass is 278 g/mol. The van der Waals surface area contributed by atoms with Crippen LogP contribution in [0.4, 0.5) is 0 Å². The van der Waals surface area contributed by atoms with Crippen molar-refractivity contribution in [2.24, 2.45) is 0 Å². The Morgan fingerprint density at radius 3 is 2.47 bits per heavy atom. The molecule has 100 valence electrons. The molecule has 0 spiro atoms. The van der Waals surface area contributed by atoms with Gasteiger partial charge in [-0.3, -0.25) is 4.55 Å². The van der Waals surface area contributed by atoms with Gasteiger partial charge in [0.2, 0.25) is 0 Å². The first-order valence-electron chi connectivity index (χ1n) is 5.69. The Kier molecular flexibility index (Phi) is 3.59. The van der Waals surface area contributed by atoms with Crippen molar-refractivity contribution in [3.8, 4) is 5.75 Å². The van der Waals surface area contributed by atoms with Crippen molar-refractivity contribution in [1.82, 2.24) is 0 Å². The molecule has 19 heavy (non-hydrogen) atoms. The molecule has 0 bridgehead atoms. The van der Waals surface area contributed by atoms with Gasteiger partial charge in [-0.2, -0.15) is 8.42 Å². The van der Waals surface area contributed by atoms with E-state index in [1.807, 2.05) is 18.2 Å². The first-order chi connectivity index (χ1) is 8.91. The first-order valence-corrected chi connectivity index (χ1v) is 7.13. The summed E-state index contributed by atoms with van der Waals surface area (Å²) in [6, 6.07) is 9.15. The van der Waals surface area contributed by atoms with Crippen LogP contribution in [-0.2, 0) is 10.1 Å². The molecule has 0 saturated carbocycles. The fourth-order valence-corrected chi connectivity index (χ4v) is 2.05. The van der Waals surface area contributed by atoms with Crippen molar-refractivity contribution >= 4 is 10.1 Å². The van der Waals surface area contributed by atoms with Gasteiger partial charge in [-0.25, -0.2) is 0 Å². The molecule has 0 aromatic heterocycles. The van der Waals surface area contributed by atoms with Gasteiger partial charge < -0.3 is 4.74 Å². The molecule has 1 aliphatic carbocycles. The second-order valence-corrected chi connectivity index (χ2v) is 6.17. The summed E-state index contributed by atoms with van der Waals surface area (Å²) < 4.78 is 36.0. The van der Waals surface area contributed by atoms with E-state index in [4.69, 9.17) is 4.74 Å². The van der Waals surface area contributed by atoms with Crippen molar-refractivity contribution in [2.45, 2.75) is 11.7 Å². The van der Waals surface area contributed by atoms with Gasteiger partial charge in [-0.05, 0) is 31.2 Å². The van der Waals surface area contributed by atoms with Gasteiger partial charge in [-0.15, -0.1) is 0 Å². The normalized spacial score (nSPS) is 22.7. The predicted molar refractivity (Wildman–Crippen MR) is 73.4 cm³/mol. The van der Waals surface area contributed by atoms with Gasteiger partial charge >= 0.3 is 0 Å². The standard InChI is InChI=1S/C14H14O4S/c1-14(19(15,16)17)10-5-8-13(9-11-14)18-12-6-3-2-4-7-12/h2-11H,1H3,(H,15,16,17). The van der Waals surface area contributed by atoms with Gasteiger partial charge in [0.25, 0.3) is 10.1 Å². The lowest BCUT2D eigenvalue weighted by Crippen LogP contribution is -2.30. The Morgan fingerprint density at radius 2 is 1.84 bits per heavy atom. The molecular formula is C14H14O4S. The fourth-order valence-electron chi connectivity index (χ4n) is 1.56. The van der Waals surface area contributed by atoms with E-state index >= 15 is 0 Å². The number of ether oxygens (including phenoxy) is 1. The molecule has 1 unspecified atom stereocenters. The van der Waals surface area contributed by atoms with Crippen LogP contribution in [0.2, 0.25) is 0 Å². The largest absolute Gasteiger partial charge is 0.457 e. The lowest BCUT2D eigenvalue weighted by Gasteiger charge is -2.16. The van der Waals surface area contributed by atoms with Crippen LogP contribution in [0.25, 0.3) is 0 Å². The quantitative estimate of drug-likeness (QED) is 0.863. The van der Waals surface area contributed by atoms with Gasteiger partial charge in [0.1, 0.15) is 16.3 Å². The summed E-state index contributed by atoms with van der Waals surface area (Å²) in [5.41, 5.74) is 0. The topological polar surface area (TPSA) is 63.6 Å². The molecule has 1 N–H and O–H groups in total. The summed E-state index contributed by atoms with van der Waals surface area (Å²) in [5.74, 6) is 1.15. The minimum atomic E-state index is -4.21. The maximum Gasteiger partial charge on any atom is 0.277 e. The number of para-hydroxylation sites is 1. The summed E-state index contributed by atoms with van der Waals surface area (Å²) in [5, 5.41) is 0. The minimum Gasteiger partial charge on any atom is -0.457 e. The molecule has 1 atom stereocenters. The number of rotatable bonds is 3. The number of benzene rings is 1. The van der Waals surface area contributed by atoms with E-state index < -0.39 is 14.9 Å². The van der Waals surface area contributed by atoms with E-state index in [2.05, 4.69) is 0 Å². The van der Waals surface area contributed by atoms with E-state index in [0.29, 0.717) is 11.5 Å². The summed E-state index contributed by atoms with van der Waals surface area (Å²) in [6.07, 6.45) is 7.51. The number of allylic oxidation sites excluding steroid dienone is 3. The third kappa shape index (κ3) is 3.13. The summed E-state index contributed by atoms with van der Waals surface area (Å²) in [4.78, 5) is 0. The minimum absolute atomic E-state index is 0.495. The predicted octanol–water partition coefficient (Wildman–Crippen LogP) is 2.72. The Bertz CT molecular complexity index is 641. The van der Waals surface area contributed by atoms with Gasteiger partial charge in [0, 0.05) is 0 Å². The highest BCUT2D eigenvalue weighted by Crippen LogP contribution is 2.24. The lowest BCUT2D eigenvalue weighted by molar-refractivity contribution is 0.444. The van der Waals surface area contributed by atoms with E-state index in [1.165, 1.54) is 25.2 Å². The zero-order chi connectivity index (χ0) is 13.9. The molecule has 1 aromatic carbocycles. The highest BCUT2D eigenvalue weighted by molar-refractivity contribution is 7.87. The highest BCUT2D eigenvalue weighted by Gasteiger charge is 2.33. The van der Waals surface area contributed by atoms with Gasteiger partial charge in [-0.1, -0.05) is 36.4 Å². The van der Waals surface area contributed by atoms with E-state index in [0.717, 1.165) is 0 Å². The average molecular weight is 278 g/mol. The molecule has 1 aliphatic rings. The molecule has 0 amide bonds. The van der Waals surface area contributed by atoms with Crippen LogP contribution in [-0.4, -0.2) is 17.7 Å². The van der Waals surface area contributed by atoms with Crippen molar-refractivity contribution in [3.05, 3.63) is 66.5 Å². The Hall–Kier alpha value is -1.85. The van der Waals surface area contributed by atoms with Crippen LogP contribution < -0.4 is 4.74 Å². The van der Waals surface area contributed by atoms with Gasteiger partial charge in [0.15, 0.2) is 0 Å². The van der Waals surface area contributed by atoms with Gasteiger partial charge in [0.05, 0.1) is 0 Å². The van der Waals surface area contributed by atoms with Crippen molar-refractivity contribution in [1.29, 1.82) is 0 Å². The van der Waals surface area contributed by atoms with Crippen LogP contribution in [0.15, 0.2) is 66.5 Å². The third-order valence-electron chi connectivity index (χ3n) is 2.80. The van der Waals surface area contributed by atoms with E-state index in [1.54, 1.807) is 24.3 Å². The molecule has 1 aromatic rings. The molecule has 2 rings (SSSR count). The molecular weight excluding hydrogens is 264 g/mol. The van der Waals surface area contributed by atoms with Crippen molar-refractivity contribution in [3.63, 3.8) is 0 Å². The average Bonchev–Trinajstić information content (AvgIpc) is 2.53. The van der Waals surface area contributed by atoms with Crippen LogP contribution >= 0.6 is 0 Å².